The van der Waals surface area contributed by atoms with Crippen molar-refractivity contribution in [3.05, 3.63) is 178 Å². The Kier molecular flexibility index (Phi) is 8.41. The van der Waals surface area contributed by atoms with Crippen molar-refractivity contribution >= 4 is 11.4 Å². The molecule has 4 N–H and O–H groups in total. The largest absolute Gasteiger partial charge is 0.489 e. The lowest BCUT2D eigenvalue weighted by Gasteiger charge is -2.34. The second-order valence-corrected chi connectivity index (χ2v) is 12.4. The molecule has 1 aliphatic carbocycles. The first-order chi connectivity index (χ1) is 24.3. The maximum atomic E-state index is 13.0. The quantitative estimate of drug-likeness (QED) is 0.123. The SMILES string of the molecule is Nc1ccc2c(c1)C(c1ccc(OCc3ccc(C(F)(F)F)cc3)cc1)(c1ccc(OCc3ccc(C(F)(F)F)cc3)cc1)c1cc(N)ccc1-2. The topological polar surface area (TPSA) is 70.5 Å². The van der Waals surface area contributed by atoms with E-state index in [9.17, 15) is 26.3 Å². The van der Waals surface area contributed by atoms with Crippen LogP contribution in [0.5, 0.6) is 11.5 Å². The van der Waals surface area contributed by atoms with E-state index in [1.165, 1.54) is 24.3 Å². The molecule has 4 nitrogen and oxygen atoms in total. The normalized spacial score (nSPS) is 13.4. The summed E-state index contributed by atoms with van der Waals surface area (Å²) < 4.78 is 89.9. The highest BCUT2D eigenvalue weighted by molar-refractivity contribution is 5.88. The lowest BCUT2D eigenvalue weighted by Crippen LogP contribution is -2.28. The molecule has 0 atom stereocenters. The van der Waals surface area contributed by atoms with E-state index in [1.54, 1.807) is 0 Å². The van der Waals surface area contributed by atoms with Gasteiger partial charge in [-0.2, -0.15) is 26.3 Å². The van der Waals surface area contributed by atoms with Crippen molar-refractivity contribution in [1.29, 1.82) is 0 Å². The molecule has 0 fully saturated rings. The van der Waals surface area contributed by atoms with E-state index < -0.39 is 28.9 Å². The summed E-state index contributed by atoms with van der Waals surface area (Å²) in [5.74, 6) is 1.05. The van der Waals surface area contributed by atoms with Crippen LogP contribution in [-0.4, -0.2) is 0 Å². The molecule has 0 bridgehead atoms. The predicted octanol–water partition coefficient (Wildman–Crippen LogP) is 10.4. The minimum Gasteiger partial charge on any atom is -0.489 e. The predicted molar refractivity (Wildman–Crippen MR) is 184 cm³/mol. The van der Waals surface area contributed by atoms with Crippen LogP contribution in [0.3, 0.4) is 0 Å². The van der Waals surface area contributed by atoms with E-state index in [0.717, 1.165) is 57.6 Å². The molecule has 0 aromatic heterocycles. The van der Waals surface area contributed by atoms with Gasteiger partial charge in [0.1, 0.15) is 24.7 Å². The zero-order valence-corrected chi connectivity index (χ0v) is 26.9. The summed E-state index contributed by atoms with van der Waals surface area (Å²) >= 11 is 0. The molecule has 0 saturated heterocycles. The molecule has 6 aromatic carbocycles. The van der Waals surface area contributed by atoms with Gasteiger partial charge in [0.2, 0.25) is 0 Å². The number of benzene rings is 6. The zero-order chi connectivity index (χ0) is 36.0. The number of halogens is 6. The molecule has 0 saturated carbocycles. The molecule has 7 rings (SSSR count). The van der Waals surface area contributed by atoms with E-state index in [0.29, 0.717) is 34.0 Å². The van der Waals surface area contributed by atoms with Crippen molar-refractivity contribution in [2.75, 3.05) is 11.5 Å². The maximum absolute atomic E-state index is 13.0. The third-order valence-electron chi connectivity index (χ3n) is 9.13. The van der Waals surface area contributed by atoms with Crippen molar-refractivity contribution in [2.24, 2.45) is 0 Å². The van der Waals surface area contributed by atoms with E-state index in [-0.39, 0.29) is 13.2 Å². The number of fused-ring (bicyclic) bond motifs is 3. The van der Waals surface area contributed by atoms with Gasteiger partial charge in [-0.3, -0.25) is 0 Å². The summed E-state index contributed by atoms with van der Waals surface area (Å²) in [6, 6.07) is 36.4. The van der Waals surface area contributed by atoms with Crippen LogP contribution in [0.15, 0.2) is 133 Å². The van der Waals surface area contributed by atoms with Crippen molar-refractivity contribution in [3.63, 3.8) is 0 Å². The van der Waals surface area contributed by atoms with Crippen molar-refractivity contribution < 1.29 is 35.8 Å². The third kappa shape index (κ3) is 6.45. The van der Waals surface area contributed by atoms with Gasteiger partial charge in [0.05, 0.1) is 16.5 Å². The number of anilines is 2. The molecular formula is C41H30F6N2O2. The van der Waals surface area contributed by atoms with Gasteiger partial charge < -0.3 is 20.9 Å². The molecule has 258 valence electrons. The van der Waals surface area contributed by atoms with E-state index in [4.69, 9.17) is 20.9 Å². The summed E-state index contributed by atoms with van der Waals surface area (Å²) in [4.78, 5) is 0. The number of hydrogen-bond acceptors (Lipinski definition) is 4. The molecule has 0 amide bonds. The highest BCUT2D eigenvalue weighted by Crippen LogP contribution is 2.57. The van der Waals surface area contributed by atoms with E-state index in [1.807, 2.05) is 84.9 Å². The number of ether oxygens (including phenoxy) is 2. The zero-order valence-electron chi connectivity index (χ0n) is 26.9. The summed E-state index contributed by atoms with van der Waals surface area (Å²) in [5, 5.41) is 0. The van der Waals surface area contributed by atoms with Crippen LogP contribution in [0, 0.1) is 0 Å². The Morgan fingerprint density at radius 3 is 1.14 bits per heavy atom. The molecule has 0 spiro atoms. The van der Waals surface area contributed by atoms with Crippen LogP contribution in [0.25, 0.3) is 11.1 Å². The molecule has 6 aromatic rings. The van der Waals surface area contributed by atoms with Crippen molar-refractivity contribution in [3.8, 4) is 22.6 Å². The highest BCUT2D eigenvalue weighted by Gasteiger charge is 2.46. The van der Waals surface area contributed by atoms with Crippen molar-refractivity contribution in [2.45, 2.75) is 31.0 Å². The van der Waals surface area contributed by atoms with Gasteiger partial charge in [-0.05, 0) is 117 Å². The smallest absolute Gasteiger partial charge is 0.416 e. The number of rotatable bonds is 8. The van der Waals surface area contributed by atoms with E-state index >= 15 is 0 Å². The first-order valence-electron chi connectivity index (χ1n) is 15.9. The summed E-state index contributed by atoms with van der Waals surface area (Å²) in [7, 11) is 0. The molecule has 10 heteroatoms. The van der Waals surface area contributed by atoms with Gasteiger partial charge in [0.15, 0.2) is 0 Å². The Bertz CT molecular complexity index is 2020. The van der Waals surface area contributed by atoms with Crippen LogP contribution >= 0.6 is 0 Å². The molecule has 0 aliphatic heterocycles. The number of nitrogen functional groups attached to an aromatic ring is 2. The van der Waals surface area contributed by atoms with Gasteiger partial charge in [0, 0.05) is 11.4 Å². The monoisotopic (exact) mass is 696 g/mol. The minimum absolute atomic E-state index is 0.0787. The number of hydrogen-bond donors (Lipinski definition) is 2. The molecule has 1 aliphatic rings. The molecule has 0 heterocycles. The number of nitrogens with two attached hydrogens (primary N) is 2. The fourth-order valence-corrected chi connectivity index (χ4v) is 6.66. The third-order valence-corrected chi connectivity index (χ3v) is 9.13. The molecule has 51 heavy (non-hydrogen) atoms. The van der Waals surface area contributed by atoms with Gasteiger partial charge >= 0.3 is 12.4 Å². The lowest BCUT2D eigenvalue weighted by molar-refractivity contribution is -0.138. The first-order valence-corrected chi connectivity index (χ1v) is 15.9. The van der Waals surface area contributed by atoms with Crippen molar-refractivity contribution in [1.82, 2.24) is 0 Å². The van der Waals surface area contributed by atoms with Crippen LogP contribution < -0.4 is 20.9 Å². The first kappa shape index (κ1) is 33.6. The summed E-state index contributed by atoms with van der Waals surface area (Å²) in [6.07, 6.45) is -8.83. The Labute approximate surface area is 289 Å². The standard InChI is InChI=1S/C41H30F6N2O2/c42-40(43,44)29-5-1-25(2-6-29)23-50-33-15-9-27(10-16-33)39(37-21-31(48)13-19-35(37)36-20-14-32(49)22-38(36)39)28-11-17-34(18-12-28)51-24-26-3-7-30(8-4-26)41(45,46)47/h1-22H,23-24,48-49H2. The Morgan fingerprint density at radius 1 is 0.451 bits per heavy atom. The molecular weight excluding hydrogens is 666 g/mol. The number of alkyl halides is 6. The summed E-state index contributed by atoms with van der Waals surface area (Å²) in [6.45, 7) is 0.157. The second-order valence-electron chi connectivity index (χ2n) is 12.4. The average molecular weight is 697 g/mol. The Balaban J connectivity index is 1.22. The maximum Gasteiger partial charge on any atom is 0.416 e. The average Bonchev–Trinajstić information content (AvgIpc) is 3.39. The van der Waals surface area contributed by atoms with Crippen LogP contribution in [-0.2, 0) is 31.0 Å². The Hall–Kier alpha value is -5.90. The van der Waals surface area contributed by atoms with Crippen LogP contribution in [0.1, 0.15) is 44.5 Å². The minimum atomic E-state index is -4.42. The van der Waals surface area contributed by atoms with E-state index in [2.05, 4.69) is 0 Å². The van der Waals surface area contributed by atoms with Gasteiger partial charge in [-0.15, -0.1) is 0 Å². The van der Waals surface area contributed by atoms with Crippen LogP contribution in [0.2, 0.25) is 0 Å². The summed E-state index contributed by atoms with van der Waals surface area (Å²) in [5.41, 5.74) is 18.4. The lowest BCUT2D eigenvalue weighted by atomic mass is 9.67. The highest BCUT2D eigenvalue weighted by atomic mass is 19.4. The molecule has 0 radical (unpaired) electrons. The Morgan fingerprint density at radius 2 is 0.804 bits per heavy atom. The van der Waals surface area contributed by atoms with Gasteiger partial charge in [-0.1, -0.05) is 60.7 Å². The van der Waals surface area contributed by atoms with Gasteiger partial charge in [-0.25, -0.2) is 0 Å². The van der Waals surface area contributed by atoms with Crippen LogP contribution in [0.4, 0.5) is 37.7 Å². The second kappa shape index (κ2) is 12.8. The fourth-order valence-electron chi connectivity index (χ4n) is 6.66. The van der Waals surface area contributed by atoms with Gasteiger partial charge in [0.25, 0.3) is 0 Å². The fraction of sp³-hybridized carbons (Fsp3) is 0.122. The molecule has 0 unspecified atom stereocenters.